The van der Waals surface area contributed by atoms with Crippen LogP contribution in [0.15, 0.2) is 0 Å². The summed E-state index contributed by atoms with van der Waals surface area (Å²) in [5.74, 6) is 0.569. The number of carbonyl (C=O) groups excluding carboxylic acids is 3. The molecule has 42 heavy (non-hydrogen) atoms. The molecule has 0 aromatic heterocycles. The first-order valence-electron chi connectivity index (χ1n) is 16.8. The van der Waals surface area contributed by atoms with Gasteiger partial charge in [-0.1, -0.05) is 55.4 Å². The van der Waals surface area contributed by atoms with Crippen molar-refractivity contribution in [2.75, 3.05) is 0 Å². The summed E-state index contributed by atoms with van der Waals surface area (Å²) < 4.78 is 18.2. The van der Waals surface area contributed by atoms with Crippen molar-refractivity contribution < 1.29 is 28.6 Å². The maximum Gasteiger partial charge on any atom is 0.303 e. The Morgan fingerprint density at radius 3 is 1.79 bits per heavy atom. The minimum atomic E-state index is -0.432. The fourth-order valence-corrected chi connectivity index (χ4v) is 12.4. The Bertz CT molecular complexity index is 1130. The van der Waals surface area contributed by atoms with Gasteiger partial charge in [0.2, 0.25) is 0 Å². The van der Waals surface area contributed by atoms with Gasteiger partial charge in [-0.05, 0) is 103 Å². The first-order valence-corrected chi connectivity index (χ1v) is 16.8. The molecule has 12 unspecified atom stereocenters. The van der Waals surface area contributed by atoms with Gasteiger partial charge >= 0.3 is 17.9 Å². The van der Waals surface area contributed by atoms with Crippen molar-refractivity contribution in [2.45, 2.75) is 152 Å². The quantitative estimate of drug-likeness (QED) is 0.247. The average Bonchev–Trinajstić information content (AvgIpc) is 2.85. The highest BCUT2D eigenvalue weighted by Crippen LogP contribution is 2.78. The molecule has 0 heterocycles. The summed E-state index contributed by atoms with van der Waals surface area (Å²) in [5.41, 5.74) is 0.421. The van der Waals surface area contributed by atoms with Crippen LogP contribution in [0, 0.1) is 56.2 Å². The molecule has 0 N–H and O–H groups in total. The van der Waals surface area contributed by atoms with Gasteiger partial charge in [0.1, 0.15) is 18.3 Å². The predicted molar refractivity (Wildman–Crippen MR) is 162 cm³/mol. The standard InChI is InChI=1S/C36H58O6/c1-21-30(42-24(4)39)25(40-22(2)37)18-27-32(21,7)13-12-26-33(27,8)16-17-35(10)28-19-31(5,6)14-15-34(28,9)29(41-23(3)38)20-36(26,35)11/h21,25-30H,12-20H2,1-11H3. The number of rotatable bonds is 3. The Morgan fingerprint density at radius 2 is 1.19 bits per heavy atom. The molecule has 5 rings (SSSR count). The van der Waals surface area contributed by atoms with E-state index in [0.717, 1.165) is 44.9 Å². The predicted octanol–water partition coefficient (Wildman–Crippen LogP) is 7.90. The highest BCUT2D eigenvalue weighted by molar-refractivity contribution is 5.67. The monoisotopic (exact) mass is 586 g/mol. The number of carbonyl (C=O) groups is 3. The fraction of sp³-hybridized carbons (Fsp3) is 0.917. The summed E-state index contributed by atoms with van der Waals surface area (Å²) in [4.78, 5) is 37.0. The molecule has 0 bridgehead atoms. The van der Waals surface area contributed by atoms with E-state index in [-0.39, 0.29) is 62.4 Å². The van der Waals surface area contributed by atoms with Gasteiger partial charge in [-0.2, -0.15) is 0 Å². The second kappa shape index (κ2) is 9.96. The molecule has 5 saturated carbocycles. The van der Waals surface area contributed by atoms with E-state index >= 15 is 0 Å². The molecule has 0 aromatic carbocycles. The van der Waals surface area contributed by atoms with E-state index in [2.05, 4.69) is 55.4 Å². The summed E-state index contributed by atoms with van der Waals surface area (Å²) in [6, 6.07) is 0. The zero-order valence-electron chi connectivity index (χ0n) is 28.4. The molecule has 5 aliphatic rings. The summed E-state index contributed by atoms with van der Waals surface area (Å²) in [6.45, 7) is 24.1. The van der Waals surface area contributed by atoms with E-state index < -0.39 is 12.2 Å². The van der Waals surface area contributed by atoms with E-state index in [1.54, 1.807) is 6.92 Å². The number of fused-ring (bicyclic) bond motifs is 7. The van der Waals surface area contributed by atoms with Crippen molar-refractivity contribution in [3.05, 3.63) is 0 Å². The van der Waals surface area contributed by atoms with Crippen LogP contribution in [0.25, 0.3) is 0 Å². The van der Waals surface area contributed by atoms with Crippen molar-refractivity contribution in [3.8, 4) is 0 Å². The van der Waals surface area contributed by atoms with Gasteiger partial charge in [0.25, 0.3) is 0 Å². The van der Waals surface area contributed by atoms with Crippen LogP contribution >= 0.6 is 0 Å². The van der Waals surface area contributed by atoms with E-state index in [1.165, 1.54) is 26.7 Å². The molecule has 5 fully saturated rings. The van der Waals surface area contributed by atoms with Crippen molar-refractivity contribution >= 4 is 17.9 Å². The molecule has 5 aliphatic carbocycles. The van der Waals surface area contributed by atoms with Gasteiger partial charge in [-0.15, -0.1) is 0 Å². The van der Waals surface area contributed by atoms with Gasteiger partial charge in [-0.3, -0.25) is 14.4 Å². The maximum absolute atomic E-state index is 12.5. The lowest BCUT2D eigenvalue weighted by Crippen LogP contribution is -2.71. The molecular formula is C36H58O6. The molecule has 0 aliphatic heterocycles. The third-order valence-electron chi connectivity index (χ3n) is 14.9. The van der Waals surface area contributed by atoms with E-state index in [4.69, 9.17) is 14.2 Å². The van der Waals surface area contributed by atoms with Gasteiger partial charge in [0.05, 0.1) is 0 Å². The first kappa shape index (κ1) is 31.8. The van der Waals surface area contributed by atoms with Gasteiger partial charge < -0.3 is 14.2 Å². The van der Waals surface area contributed by atoms with E-state index in [1.807, 2.05) is 0 Å². The van der Waals surface area contributed by atoms with Gasteiger partial charge in [0, 0.05) is 32.1 Å². The van der Waals surface area contributed by atoms with Crippen molar-refractivity contribution in [1.29, 1.82) is 0 Å². The molecule has 0 amide bonds. The van der Waals surface area contributed by atoms with Crippen molar-refractivity contribution in [1.82, 2.24) is 0 Å². The zero-order chi connectivity index (χ0) is 31.3. The average molecular weight is 587 g/mol. The molecule has 238 valence electrons. The van der Waals surface area contributed by atoms with Gasteiger partial charge in [0.15, 0.2) is 0 Å². The molecule has 0 saturated heterocycles. The molecule has 0 aromatic rings. The number of ether oxygens (including phenoxy) is 3. The lowest BCUT2D eigenvalue weighted by molar-refractivity contribution is -0.292. The SMILES string of the molecule is CC(=O)OC1CC2C(C)(CCC3C2(C)CCC2(C)C4CC(C)(C)CCC4(C)C(OC(C)=O)CC32C)C(C)C1OC(C)=O. The van der Waals surface area contributed by atoms with Crippen molar-refractivity contribution in [2.24, 2.45) is 56.2 Å². The lowest BCUT2D eigenvalue weighted by Gasteiger charge is -2.75. The van der Waals surface area contributed by atoms with E-state index in [9.17, 15) is 14.4 Å². The molecule has 0 radical (unpaired) electrons. The molecule has 12 atom stereocenters. The molecule has 0 spiro atoms. The fourth-order valence-electron chi connectivity index (χ4n) is 12.4. The molecule has 6 heteroatoms. The maximum atomic E-state index is 12.5. The van der Waals surface area contributed by atoms with Crippen LogP contribution in [0.1, 0.15) is 134 Å². The lowest BCUT2D eigenvalue weighted by atomic mass is 9.29. The molecular weight excluding hydrogens is 528 g/mol. The molecule has 6 nitrogen and oxygen atoms in total. The van der Waals surface area contributed by atoms with Crippen LogP contribution in [0.4, 0.5) is 0 Å². The van der Waals surface area contributed by atoms with Crippen LogP contribution in [-0.2, 0) is 28.6 Å². The van der Waals surface area contributed by atoms with Gasteiger partial charge in [-0.25, -0.2) is 0 Å². The summed E-state index contributed by atoms with van der Waals surface area (Å²) in [6.07, 6.45) is 8.64. The highest BCUT2D eigenvalue weighted by Gasteiger charge is 2.73. The van der Waals surface area contributed by atoms with Crippen molar-refractivity contribution in [3.63, 3.8) is 0 Å². The topological polar surface area (TPSA) is 78.9 Å². The normalized spacial score (nSPS) is 51.1. The number of hydrogen-bond donors (Lipinski definition) is 0. The number of hydrogen-bond acceptors (Lipinski definition) is 6. The third-order valence-corrected chi connectivity index (χ3v) is 14.9. The first-order chi connectivity index (χ1) is 19.2. The summed E-state index contributed by atoms with van der Waals surface area (Å²) in [5, 5.41) is 0. The number of esters is 3. The Morgan fingerprint density at radius 1 is 0.595 bits per heavy atom. The summed E-state index contributed by atoms with van der Waals surface area (Å²) in [7, 11) is 0. The van der Waals surface area contributed by atoms with Crippen LogP contribution in [0.5, 0.6) is 0 Å². The minimum Gasteiger partial charge on any atom is -0.462 e. The minimum absolute atomic E-state index is 0.00590. The van der Waals surface area contributed by atoms with E-state index in [0.29, 0.717) is 17.8 Å². The Balaban J connectivity index is 1.58. The Labute approximate surface area is 254 Å². The smallest absolute Gasteiger partial charge is 0.303 e. The second-order valence-electron chi connectivity index (χ2n) is 17.5. The Hall–Kier alpha value is -1.59. The van der Waals surface area contributed by atoms with Crippen LogP contribution in [0.3, 0.4) is 0 Å². The largest absolute Gasteiger partial charge is 0.462 e. The van der Waals surface area contributed by atoms with Crippen LogP contribution in [-0.4, -0.2) is 36.2 Å². The van der Waals surface area contributed by atoms with Crippen LogP contribution in [0.2, 0.25) is 0 Å². The second-order valence-corrected chi connectivity index (χ2v) is 17.5. The summed E-state index contributed by atoms with van der Waals surface area (Å²) >= 11 is 0. The highest BCUT2D eigenvalue weighted by atomic mass is 16.6. The van der Waals surface area contributed by atoms with Crippen LogP contribution < -0.4 is 0 Å². The Kier molecular flexibility index (Phi) is 7.55. The zero-order valence-corrected chi connectivity index (χ0v) is 28.4. The third kappa shape index (κ3) is 4.49.